The van der Waals surface area contributed by atoms with Crippen molar-refractivity contribution in [2.45, 2.75) is 32.2 Å². The molecule has 1 N–H and O–H groups in total. The first-order valence-electron chi connectivity index (χ1n) is 6.39. The standard InChI is InChI=1S/C14H21FN2/c1-3-17(11-14(2)9-6-10-16-14)13-8-5-4-7-12(13)15/h4-5,7-8,16H,3,6,9-11H2,1-2H3. The highest BCUT2D eigenvalue weighted by molar-refractivity contribution is 5.48. The number of likely N-dealkylation sites (N-methyl/N-ethyl adjacent to an activating group) is 1. The van der Waals surface area contributed by atoms with Crippen LogP contribution in [0.15, 0.2) is 24.3 Å². The lowest BCUT2D eigenvalue weighted by Gasteiger charge is -2.33. The fourth-order valence-corrected chi connectivity index (χ4v) is 2.59. The smallest absolute Gasteiger partial charge is 0.146 e. The highest BCUT2D eigenvalue weighted by Gasteiger charge is 2.30. The molecular weight excluding hydrogens is 215 g/mol. The lowest BCUT2D eigenvalue weighted by molar-refractivity contribution is 0.411. The van der Waals surface area contributed by atoms with Crippen LogP contribution >= 0.6 is 0 Å². The number of para-hydroxylation sites is 1. The lowest BCUT2D eigenvalue weighted by atomic mass is 9.99. The van der Waals surface area contributed by atoms with Crippen LogP contribution in [0.3, 0.4) is 0 Å². The number of anilines is 1. The van der Waals surface area contributed by atoms with E-state index < -0.39 is 0 Å². The van der Waals surface area contributed by atoms with Crippen molar-refractivity contribution in [2.75, 3.05) is 24.5 Å². The molecular formula is C14H21FN2. The average Bonchev–Trinajstić information content (AvgIpc) is 2.74. The summed E-state index contributed by atoms with van der Waals surface area (Å²) in [5.74, 6) is -0.129. The Hall–Kier alpha value is -1.09. The predicted octanol–water partition coefficient (Wildman–Crippen LogP) is 2.79. The largest absolute Gasteiger partial charge is 0.368 e. The highest BCUT2D eigenvalue weighted by Crippen LogP contribution is 2.25. The molecule has 1 aromatic carbocycles. The van der Waals surface area contributed by atoms with E-state index in [-0.39, 0.29) is 11.4 Å². The van der Waals surface area contributed by atoms with E-state index in [1.807, 2.05) is 12.1 Å². The molecule has 0 bridgehead atoms. The van der Waals surface area contributed by atoms with Gasteiger partial charge in [-0.3, -0.25) is 0 Å². The minimum absolute atomic E-state index is 0.123. The molecule has 3 heteroatoms. The minimum Gasteiger partial charge on any atom is -0.368 e. The summed E-state index contributed by atoms with van der Waals surface area (Å²) in [5, 5.41) is 3.52. The average molecular weight is 236 g/mol. The molecule has 1 aromatic rings. The number of rotatable bonds is 4. The number of nitrogens with one attached hydrogen (secondary N) is 1. The maximum Gasteiger partial charge on any atom is 0.146 e. The van der Waals surface area contributed by atoms with Crippen LogP contribution in [0.4, 0.5) is 10.1 Å². The molecule has 2 rings (SSSR count). The number of hydrogen-bond acceptors (Lipinski definition) is 2. The Morgan fingerprint density at radius 3 is 2.76 bits per heavy atom. The van der Waals surface area contributed by atoms with Gasteiger partial charge in [-0.05, 0) is 45.4 Å². The maximum absolute atomic E-state index is 13.8. The van der Waals surface area contributed by atoms with Crippen LogP contribution in [0.5, 0.6) is 0 Å². The summed E-state index contributed by atoms with van der Waals surface area (Å²) in [4.78, 5) is 2.12. The van der Waals surface area contributed by atoms with E-state index in [0.717, 1.165) is 26.1 Å². The van der Waals surface area contributed by atoms with Crippen molar-refractivity contribution in [3.8, 4) is 0 Å². The first-order valence-corrected chi connectivity index (χ1v) is 6.39. The molecule has 0 aromatic heterocycles. The lowest BCUT2D eigenvalue weighted by Crippen LogP contribution is -2.47. The normalized spacial score (nSPS) is 23.9. The van der Waals surface area contributed by atoms with Gasteiger partial charge in [-0.2, -0.15) is 0 Å². The van der Waals surface area contributed by atoms with Gasteiger partial charge in [0.05, 0.1) is 5.69 Å². The maximum atomic E-state index is 13.8. The summed E-state index contributed by atoms with van der Waals surface area (Å²) < 4.78 is 13.8. The highest BCUT2D eigenvalue weighted by atomic mass is 19.1. The van der Waals surface area contributed by atoms with Gasteiger partial charge in [-0.25, -0.2) is 4.39 Å². The predicted molar refractivity (Wildman–Crippen MR) is 69.9 cm³/mol. The molecule has 1 unspecified atom stereocenters. The van der Waals surface area contributed by atoms with E-state index in [9.17, 15) is 4.39 Å². The fourth-order valence-electron chi connectivity index (χ4n) is 2.59. The van der Waals surface area contributed by atoms with Gasteiger partial charge in [0.2, 0.25) is 0 Å². The molecule has 1 heterocycles. The molecule has 2 nitrogen and oxygen atoms in total. The zero-order valence-electron chi connectivity index (χ0n) is 10.7. The summed E-state index contributed by atoms with van der Waals surface area (Å²) in [6.07, 6.45) is 2.38. The van der Waals surface area contributed by atoms with Gasteiger partial charge in [0, 0.05) is 18.6 Å². The summed E-state index contributed by atoms with van der Waals surface area (Å²) in [5.41, 5.74) is 0.836. The number of hydrogen-bond donors (Lipinski definition) is 1. The topological polar surface area (TPSA) is 15.3 Å². The second-order valence-electron chi connectivity index (χ2n) is 5.06. The van der Waals surface area contributed by atoms with Crippen LogP contribution in [0, 0.1) is 5.82 Å². The third-order valence-corrected chi connectivity index (χ3v) is 3.57. The van der Waals surface area contributed by atoms with Crippen molar-refractivity contribution in [1.29, 1.82) is 0 Å². The van der Waals surface area contributed by atoms with Crippen LogP contribution in [0.1, 0.15) is 26.7 Å². The molecule has 1 saturated heterocycles. The third kappa shape index (κ3) is 2.78. The Kier molecular flexibility index (Phi) is 3.67. The molecule has 17 heavy (non-hydrogen) atoms. The summed E-state index contributed by atoms with van der Waals surface area (Å²) in [6, 6.07) is 7.02. The molecule has 94 valence electrons. The first-order chi connectivity index (χ1) is 8.14. The number of halogens is 1. The van der Waals surface area contributed by atoms with E-state index in [2.05, 4.69) is 24.1 Å². The molecule has 0 spiro atoms. The Morgan fingerprint density at radius 2 is 2.18 bits per heavy atom. The molecule has 1 aliphatic rings. The molecule has 0 radical (unpaired) electrons. The fraction of sp³-hybridized carbons (Fsp3) is 0.571. The van der Waals surface area contributed by atoms with Gasteiger partial charge in [0.15, 0.2) is 0 Å². The Labute approximate surface area is 103 Å². The molecule has 1 aliphatic heterocycles. The number of nitrogens with zero attached hydrogens (tertiary/aromatic N) is 1. The SMILES string of the molecule is CCN(CC1(C)CCCN1)c1ccccc1F. The van der Waals surface area contributed by atoms with Gasteiger partial charge < -0.3 is 10.2 Å². The Bertz CT molecular complexity index is 372. The van der Waals surface area contributed by atoms with Gasteiger partial charge in [0.1, 0.15) is 5.82 Å². The quantitative estimate of drug-likeness (QED) is 0.864. The van der Waals surface area contributed by atoms with Crippen LogP contribution in [0.2, 0.25) is 0 Å². The second kappa shape index (κ2) is 5.05. The van der Waals surface area contributed by atoms with Crippen molar-refractivity contribution >= 4 is 5.69 Å². The molecule has 1 fully saturated rings. The van der Waals surface area contributed by atoms with Gasteiger partial charge in [0.25, 0.3) is 0 Å². The minimum atomic E-state index is -0.129. The van der Waals surface area contributed by atoms with Gasteiger partial charge in [-0.15, -0.1) is 0 Å². The van der Waals surface area contributed by atoms with Crippen molar-refractivity contribution in [2.24, 2.45) is 0 Å². The monoisotopic (exact) mass is 236 g/mol. The van der Waals surface area contributed by atoms with E-state index in [4.69, 9.17) is 0 Å². The Balaban J connectivity index is 2.14. The van der Waals surface area contributed by atoms with Crippen molar-refractivity contribution in [1.82, 2.24) is 5.32 Å². The Morgan fingerprint density at radius 1 is 1.41 bits per heavy atom. The summed E-state index contributed by atoms with van der Waals surface area (Å²) in [7, 11) is 0. The number of benzene rings is 1. The zero-order valence-corrected chi connectivity index (χ0v) is 10.7. The second-order valence-corrected chi connectivity index (χ2v) is 5.06. The van der Waals surface area contributed by atoms with E-state index in [0.29, 0.717) is 5.69 Å². The van der Waals surface area contributed by atoms with Gasteiger partial charge >= 0.3 is 0 Å². The van der Waals surface area contributed by atoms with E-state index >= 15 is 0 Å². The molecule has 0 aliphatic carbocycles. The zero-order chi connectivity index (χ0) is 12.3. The summed E-state index contributed by atoms with van der Waals surface area (Å²) >= 11 is 0. The van der Waals surface area contributed by atoms with Gasteiger partial charge in [-0.1, -0.05) is 12.1 Å². The van der Waals surface area contributed by atoms with Crippen LogP contribution in [-0.4, -0.2) is 25.2 Å². The van der Waals surface area contributed by atoms with Crippen LogP contribution < -0.4 is 10.2 Å². The van der Waals surface area contributed by atoms with E-state index in [1.54, 1.807) is 6.07 Å². The first kappa shape index (κ1) is 12.4. The van der Waals surface area contributed by atoms with Crippen molar-refractivity contribution < 1.29 is 4.39 Å². The van der Waals surface area contributed by atoms with Crippen molar-refractivity contribution in [3.05, 3.63) is 30.1 Å². The summed E-state index contributed by atoms with van der Waals surface area (Å²) in [6.45, 7) is 7.07. The van der Waals surface area contributed by atoms with E-state index in [1.165, 1.54) is 12.5 Å². The van der Waals surface area contributed by atoms with Crippen molar-refractivity contribution in [3.63, 3.8) is 0 Å². The van der Waals surface area contributed by atoms with Crippen LogP contribution in [0.25, 0.3) is 0 Å². The molecule has 1 atom stereocenters. The third-order valence-electron chi connectivity index (χ3n) is 3.57. The molecule has 0 amide bonds. The molecule has 0 saturated carbocycles. The van der Waals surface area contributed by atoms with Crippen LogP contribution in [-0.2, 0) is 0 Å².